The van der Waals surface area contributed by atoms with E-state index in [1.54, 1.807) is 20.8 Å². The number of aliphatic hydroxyl groups is 1. The van der Waals surface area contributed by atoms with E-state index in [0.29, 0.717) is 5.56 Å². The summed E-state index contributed by atoms with van der Waals surface area (Å²) in [5, 5.41) is 20.9. The van der Waals surface area contributed by atoms with Crippen molar-refractivity contribution < 1.29 is 38.8 Å². The third-order valence-corrected chi connectivity index (χ3v) is 5.02. The Labute approximate surface area is 169 Å². The molecule has 8 nitrogen and oxygen atoms in total. The number of carbonyl (C=O) groups is 3. The molecule has 0 spiro atoms. The first-order valence-corrected chi connectivity index (χ1v) is 9.71. The lowest BCUT2D eigenvalue weighted by Gasteiger charge is -2.43. The van der Waals surface area contributed by atoms with Gasteiger partial charge in [0.2, 0.25) is 0 Å². The first-order chi connectivity index (χ1) is 13.7. The van der Waals surface area contributed by atoms with Crippen LogP contribution in [0.3, 0.4) is 0 Å². The maximum absolute atomic E-state index is 12.8. The van der Waals surface area contributed by atoms with Crippen molar-refractivity contribution in [3.8, 4) is 11.5 Å². The number of rotatable bonds is 7. The second kappa shape index (κ2) is 9.26. The summed E-state index contributed by atoms with van der Waals surface area (Å²) in [5.41, 5.74) is -1.34. The van der Waals surface area contributed by atoms with Crippen LogP contribution in [0.4, 0.5) is 0 Å². The van der Waals surface area contributed by atoms with Crippen LogP contribution < -0.4 is 4.74 Å². The van der Waals surface area contributed by atoms with Gasteiger partial charge in [0.25, 0.3) is 0 Å². The first-order valence-electron chi connectivity index (χ1n) is 9.71. The maximum Gasteiger partial charge on any atom is 0.317 e. The number of hydrogen-bond donors (Lipinski definition) is 2. The summed E-state index contributed by atoms with van der Waals surface area (Å²) in [6.45, 7) is 6.79. The minimum atomic E-state index is -1.72. The molecule has 0 bridgehead atoms. The predicted octanol–water partition coefficient (Wildman–Crippen LogP) is 1.96. The second-order valence-electron chi connectivity index (χ2n) is 7.15. The van der Waals surface area contributed by atoms with E-state index < -0.39 is 41.1 Å². The number of aromatic hydroxyl groups is 1. The molecule has 1 aromatic carbocycles. The summed E-state index contributed by atoms with van der Waals surface area (Å²) < 4.78 is 15.6. The van der Waals surface area contributed by atoms with Gasteiger partial charge < -0.3 is 24.4 Å². The molecule has 1 aliphatic rings. The molecule has 160 valence electrons. The number of benzene rings is 1. The molecular formula is C21H28O8. The smallest absolute Gasteiger partial charge is 0.317 e. The molecular weight excluding hydrogens is 380 g/mol. The van der Waals surface area contributed by atoms with Crippen molar-refractivity contribution in [2.45, 2.75) is 45.6 Å². The zero-order valence-corrected chi connectivity index (χ0v) is 17.1. The van der Waals surface area contributed by atoms with Gasteiger partial charge in [-0.1, -0.05) is 6.07 Å². The highest BCUT2D eigenvalue weighted by atomic mass is 16.5. The summed E-state index contributed by atoms with van der Waals surface area (Å²) in [5.74, 6) is -5.49. The van der Waals surface area contributed by atoms with E-state index in [0.717, 1.165) is 0 Å². The van der Waals surface area contributed by atoms with Gasteiger partial charge in [-0.2, -0.15) is 0 Å². The molecule has 0 saturated heterocycles. The van der Waals surface area contributed by atoms with Crippen LogP contribution in [-0.4, -0.2) is 53.4 Å². The monoisotopic (exact) mass is 408 g/mol. The highest BCUT2D eigenvalue weighted by molar-refractivity contribution is 6.02. The number of phenols is 1. The molecule has 2 rings (SSSR count). The summed E-state index contributed by atoms with van der Waals surface area (Å²) in [6.07, 6.45) is -0.382. The van der Waals surface area contributed by atoms with Crippen LogP contribution in [0.1, 0.15) is 45.6 Å². The fourth-order valence-corrected chi connectivity index (χ4v) is 3.89. The highest BCUT2D eigenvalue weighted by Crippen LogP contribution is 2.48. The third kappa shape index (κ3) is 4.70. The van der Waals surface area contributed by atoms with Crippen molar-refractivity contribution in [1.82, 2.24) is 0 Å². The van der Waals surface area contributed by atoms with Gasteiger partial charge in [0, 0.05) is 12.3 Å². The maximum atomic E-state index is 12.8. The first kappa shape index (κ1) is 22.7. The Balaban J connectivity index is 2.66. The molecule has 1 aliphatic carbocycles. The van der Waals surface area contributed by atoms with Gasteiger partial charge in [0.15, 0.2) is 17.3 Å². The zero-order valence-electron chi connectivity index (χ0n) is 17.1. The summed E-state index contributed by atoms with van der Waals surface area (Å²) >= 11 is 0. The molecule has 0 aromatic heterocycles. The molecule has 0 amide bonds. The van der Waals surface area contributed by atoms with Gasteiger partial charge in [0.1, 0.15) is 5.92 Å². The minimum Gasteiger partial charge on any atom is -0.504 e. The van der Waals surface area contributed by atoms with E-state index in [1.807, 2.05) is 0 Å². The number of ether oxygens (including phenoxy) is 3. The minimum absolute atomic E-state index is 0.0651. The Kier molecular flexibility index (Phi) is 7.24. The van der Waals surface area contributed by atoms with Gasteiger partial charge in [-0.15, -0.1) is 0 Å². The fraction of sp³-hybridized carbons (Fsp3) is 0.571. The highest BCUT2D eigenvalue weighted by Gasteiger charge is 2.57. The van der Waals surface area contributed by atoms with Crippen LogP contribution in [0, 0.1) is 11.8 Å². The molecule has 29 heavy (non-hydrogen) atoms. The van der Waals surface area contributed by atoms with Gasteiger partial charge >= 0.3 is 11.9 Å². The number of phenolic OH excluding ortho intramolecular Hbond substituents is 1. The van der Waals surface area contributed by atoms with Gasteiger partial charge in [-0.3, -0.25) is 14.4 Å². The Morgan fingerprint density at radius 2 is 1.72 bits per heavy atom. The SMILES string of the molecule is CCOC(=O)[C@@H]1C(=O)C[C@](C)(O)[C@@H](C(=O)OCC)[C@H]1c1ccc(O)c(OCC)c1. The normalized spacial score (nSPS) is 26.7. The molecule has 0 radical (unpaired) electrons. The Hall–Kier alpha value is -2.61. The Morgan fingerprint density at radius 1 is 1.10 bits per heavy atom. The van der Waals surface area contributed by atoms with Crippen LogP contribution >= 0.6 is 0 Å². The van der Waals surface area contributed by atoms with Crippen LogP contribution in [0.25, 0.3) is 0 Å². The number of hydrogen-bond acceptors (Lipinski definition) is 8. The largest absolute Gasteiger partial charge is 0.504 e. The third-order valence-electron chi connectivity index (χ3n) is 5.02. The predicted molar refractivity (Wildman–Crippen MR) is 103 cm³/mol. The molecule has 0 unspecified atom stereocenters. The lowest BCUT2D eigenvalue weighted by Crippen LogP contribution is -2.55. The molecule has 1 saturated carbocycles. The van der Waals surface area contributed by atoms with E-state index in [1.165, 1.54) is 25.1 Å². The summed E-state index contributed by atoms with van der Waals surface area (Å²) in [7, 11) is 0. The van der Waals surface area contributed by atoms with Gasteiger partial charge in [0.05, 0.1) is 31.3 Å². The van der Waals surface area contributed by atoms with Crippen molar-refractivity contribution in [2.24, 2.45) is 11.8 Å². The molecule has 0 aliphatic heterocycles. The fourth-order valence-electron chi connectivity index (χ4n) is 3.89. The number of ketones is 1. The van der Waals surface area contributed by atoms with E-state index in [4.69, 9.17) is 14.2 Å². The lowest BCUT2D eigenvalue weighted by atomic mass is 9.61. The number of carbonyl (C=O) groups excluding carboxylic acids is 3. The average molecular weight is 408 g/mol. The van der Waals surface area contributed by atoms with Crippen molar-refractivity contribution in [3.05, 3.63) is 23.8 Å². The van der Waals surface area contributed by atoms with E-state index >= 15 is 0 Å². The van der Waals surface area contributed by atoms with E-state index in [9.17, 15) is 24.6 Å². The molecule has 8 heteroatoms. The second-order valence-corrected chi connectivity index (χ2v) is 7.15. The van der Waals surface area contributed by atoms with Crippen LogP contribution in [0.2, 0.25) is 0 Å². The van der Waals surface area contributed by atoms with E-state index in [2.05, 4.69) is 0 Å². The van der Waals surface area contributed by atoms with Gasteiger partial charge in [-0.25, -0.2) is 0 Å². The van der Waals surface area contributed by atoms with Crippen molar-refractivity contribution in [3.63, 3.8) is 0 Å². The molecule has 1 aromatic rings. The lowest BCUT2D eigenvalue weighted by molar-refractivity contribution is -0.172. The Bertz CT molecular complexity index is 770. The molecule has 0 heterocycles. The van der Waals surface area contributed by atoms with Crippen LogP contribution in [0.15, 0.2) is 18.2 Å². The standard InChI is InChI=1S/C21H28O8/c1-5-27-15-10-12(8-9-13(15)22)16-17(19(24)28-6-2)14(23)11-21(4,26)18(16)20(25)29-7-3/h8-10,16-18,22,26H,5-7,11H2,1-4H3/t16-,17+,18+,21-/m0/s1. The summed E-state index contributed by atoms with van der Waals surface area (Å²) in [6, 6.07) is 4.32. The quantitative estimate of drug-likeness (QED) is 0.519. The van der Waals surface area contributed by atoms with Crippen molar-refractivity contribution in [2.75, 3.05) is 19.8 Å². The van der Waals surface area contributed by atoms with E-state index in [-0.39, 0.29) is 37.7 Å². The summed E-state index contributed by atoms with van der Waals surface area (Å²) in [4.78, 5) is 38.3. The Morgan fingerprint density at radius 3 is 2.31 bits per heavy atom. The van der Waals surface area contributed by atoms with Crippen LogP contribution in [0.5, 0.6) is 11.5 Å². The molecule has 2 N–H and O–H groups in total. The zero-order chi connectivity index (χ0) is 21.8. The van der Waals surface area contributed by atoms with Gasteiger partial charge in [-0.05, 0) is 45.4 Å². The van der Waals surface area contributed by atoms with Crippen molar-refractivity contribution >= 4 is 17.7 Å². The van der Waals surface area contributed by atoms with Crippen molar-refractivity contribution in [1.29, 1.82) is 0 Å². The molecule has 4 atom stereocenters. The van der Waals surface area contributed by atoms with Crippen LogP contribution in [-0.2, 0) is 23.9 Å². The topological polar surface area (TPSA) is 119 Å². The number of Topliss-reactive ketones (excluding diaryl/α,β-unsaturated/α-hetero) is 1. The number of esters is 2. The average Bonchev–Trinajstić information content (AvgIpc) is 2.62. The molecule has 1 fully saturated rings.